The van der Waals surface area contributed by atoms with Gasteiger partial charge in [-0.05, 0) is 32.2 Å². The van der Waals surface area contributed by atoms with E-state index in [0.717, 1.165) is 20.3 Å². The molecule has 5 heterocycles. The first-order chi connectivity index (χ1) is 20.4. The number of aliphatic hydroxyl groups excluding tert-OH is 1. The fraction of sp³-hybridized carbons (Fsp3) is 0.300. The molecule has 1 unspecified atom stereocenters. The Hall–Kier alpha value is -4.20. The summed E-state index contributed by atoms with van der Waals surface area (Å²) in [7, 11) is 0. The summed E-state index contributed by atoms with van der Waals surface area (Å²) in [5.41, 5.74) is 7.88. The highest BCUT2D eigenvalue weighted by Gasteiger charge is 2.60. The van der Waals surface area contributed by atoms with E-state index >= 15 is 0 Å². The molecule has 4 aromatic rings. The van der Waals surface area contributed by atoms with Gasteiger partial charge >= 0.3 is 5.97 Å². The number of hydrogen-bond donors (Lipinski definition) is 4. The molecule has 2 amide bonds. The Labute approximate surface area is 255 Å². The third kappa shape index (κ3) is 4.50. The van der Waals surface area contributed by atoms with Crippen LogP contribution in [0.1, 0.15) is 47.6 Å². The van der Waals surface area contributed by atoms with Gasteiger partial charge < -0.3 is 26.0 Å². The third-order valence-electron chi connectivity index (χ3n) is 8.40. The molecule has 5 atom stereocenters. The molecule has 11 nitrogen and oxygen atoms in total. The van der Waals surface area contributed by atoms with E-state index in [1.54, 1.807) is 59.9 Å². The number of imidazole rings is 1. The Morgan fingerprint density at radius 3 is 2.60 bits per heavy atom. The minimum Gasteiger partial charge on any atom is -0.508 e. The smallest absolute Gasteiger partial charge is 0.352 e. The number of nitrogens with zero attached hydrogens (tertiary/aromatic N) is 4. The van der Waals surface area contributed by atoms with Crippen LogP contribution in [-0.4, -0.2) is 60.8 Å². The van der Waals surface area contributed by atoms with E-state index in [0.29, 0.717) is 16.8 Å². The first-order valence-corrected chi connectivity index (χ1v) is 15.7. The monoisotopic (exact) mass is 621 g/mol. The van der Waals surface area contributed by atoms with Crippen LogP contribution in [-0.2, 0) is 9.59 Å². The summed E-state index contributed by atoms with van der Waals surface area (Å²) in [6.45, 7) is 5.50. The number of aromatic hydroxyl groups is 1. The lowest BCUT2D eigenvalue weighted by Crippen LogP contribution is -2.63. The highest BCUT2D eigenvalue weighted by Crippen LogP contribution is 2.51. The quantitative estimate of drug-likeness (QED) is 0.134. The predicted molar refractivity (Wildman–Crippen MR) is 159 cm³/mol. The van der Waals surface area contributed by atoms with Crippen LogP contribution in [0, 0.1) is 11.8 Å². The number of aromatic nitrogens is 3. The molecular weight excluding hydrogens is 590 g/mol. The summed E-state index contributed by atoms with van der Waals surface area (Å²) in [6.07, 6.45) is 8.33. The van der Waals surface area contributed by atoms with Gasteiger partial charge in [0, 0.05) is 29.2 Å². The van der Waals surface area contributed by atoms with E-state index < -0.39 is 23.9 Å². The summed E-state index contributed by atoms with van der Waals surface area (Å²) >= 11 is 3.01. The minimum atomic E-state index is -1.16. The zero-order chi connectivity index (χ0) is 30.9. The zero-order valence-electron chi connectivity index (χ0n) is 23.8. The number of aliphatic carboxylic acids is 1. The largest absolute Gasteiger partial charge is 0.508 e. The molecule has 222 valence electrons. The first-order valence-electron chi connectivity index (χ1n) is 13.7. The molecule has 0 radical (unpaired) electrons. The van der Waals surface area contributed by atoms with Crippen LogP contribution in [0.5, 0.6) is 5.75 Å². The number of rotatable bonds is 8. The summed E-state index contributed by atoms with van der Waals surface area (Å²) in [5, 5.41) is 31.8. The molecule has 1 aromatic carbocycles. The number of carbonyl (C=O) groups excluding carboxylic acids is 2. The number of phenolic OH excluding ortho intramolecular Hbond substituents is 1. The Bertz CT molecular complexity index is 1860. The standard InChI is InChI=1S/C30H29N5O6S2/c1-14-22(25(30(40)41)35-24(14)23(16(3)36)27(35)39)21-12-33-13-34(29(42-4)28(33)43-21)15(2)18-8-19(10-20(37)9-18)32-7-5-6-17(11-32)26(31)38/h5-16,23-24,36H,1-4H3,(H2-2,31,37,38,40,41)/p+2/t14-,15?,16+,23+,24+/m0/s1. The van der Waals surface area contributed by atoms with Crippen molar-refractivity contribution in [2.45, 2.75) is 44.0 Å². The number of aliphatic hydroxyl groups is 1. The Kier molecular flexibility index (Phi) is 7.06. The molecular formula is C30H31N5O6S2+2. The number of phenols is 1. The first kappa shape index (κ1) is 28.9. The third-order valence-corrected chi connectivity index (χ3v) is 10.5. The van der Waals surface area contributed by atoms with Gasteiger partial charge in [-0.25, -0.2) is 9.36 Å². The Morgan fingerprint density at radius 1 is 1.21 bits per heavy atom. The van der Waals surface area contributed by atoms with Crippen molar-refractivity contribution in [3.8, 4) is 11.4 Å². The number of carboxylic acids is 1. The van der Waals surface area contributed by atoms with E-state index in [1.165, 1.54) is 16.2 Å². The molecule has 0 aliphatic carbocycles. The molecule has 43 heavy (non-hydrogen) atoms. The molecule has 5 N–H and O–H groups in total. The second-order valence-corrected chi connectivity index (χ2v) is 12.8. The van der Waals surface area contributed by atoms with Gasteiger partial charge in [0.2, 0.25) is 21.5 Å². The lowest BCUT2D eigenvalue weighted by Gasteiger charge is -2.46. The van der Waals surface area contributed by atoms with Crippen LogP contribution in [0.25, 0.3) is 16.1 Å². The molecule has 1 saturated heterocycles. The van der Waals surface area contributed by atoms with Crippen LogP contribution in [0.3, 0.4) is 0 Å². The average molecular weight is 622 g/mol. The number of pyridine rings is 1. The van der Waals surface area contributed by atoms with Gasteiger partial charge in [-0.15, -0.1) is 0 Å². The van der Waals surface area contributed by atoms with Crippen LogP contribution in [0.4, 0.5) is 0 Å². The minimum absolute atomic E-state index is 0.0129. The number of benzene rings is 1. The lowest BCUT2D eigenvalue weighted by molar-refractivity contribution is -0.742. The fourth-order valence-electron chi connectivity index (χ4n) is 6.34. The highest BCUT2D eigenvalue weighted by molar-refractivity contribution is 7.98. The summed E-state index contributed by atoms with van der Waals surface area (Å²) in [6, 6.07) is 8.00. The van der Waals surface area contributed by atoms with E-state index in [1.807, 2.05) is 43.1 Å². The fourth-order valence-corrected chi connectivity index (χ4v) is 8.58. The molecule has 13 heteroatoms. The lowest BCUT2D eigenvalue weighted by atomic mass is 9.77. The second-order valence-electron chi connectivity index (χ2n) is 11.0. The average Bonchev–Trinajstić information content (AvgIpc) is 3.59. The number of β-lactam (4-membered cyclic amide) rings is 1. The van der Waals surface area contributed by atoms with Crippen molar-refractivity contribution in [2.75, 3.05) is 6.26 Å². The van der Waals surface area contributed by atoms with Crippen LogP contribution in [0.2, 0.25) is 0 Å². The number of fused-ring (bicyclic) bond motifs is 2. The van der Waals surface area contributed by atoms with Crippen LogP contribution >= 0.6 is 23.1 Å². The number of primary amides is 1. The number of carboxylic acid groups (broad SMARTS) is 1. The van der Waals surface area contributed by atoms with Crippen molar-refractivity contribution in [1.29, 1.82) is 0 Å². The van der Waals surface area contributed by atoms with E-state index in [2.05, 4.69) is 4.57 Å². The van der Waals surface area contributed by atoms with E-state index in [4.69, 9.17) is 5.73 Å². The maximum absolute atomic E-state index is 12.8. The Morgan fingerprint density at radius 2 is 1.95 bits per heavy atom. The molecule has 0 bridgehead atoms. The topological polar surface area (TPSA) is 153 Å². The molecule has 0 saturated carbocycles. The second kappa shape index (κ2) is 10.5. The number of thiazole rings is 1. The summed E-state index contributed by atoms with van der Waals surface area (Å²) < 4.78 is 5.78. The van der Waals surface area contributed by atoms with Gasteiger partial charge in [-0.1, -0.05) is 30.0 Å². The van der Waals surface area contributed by atoms with Gasteiger partial charge in [0.1, 0.15) is 29.2 Å². The molecule has 0 spiro atoms. The zero-order valence-corrected chi connectivity index (χ0v) is 25.5. The number of nitrogens with two attached hydrogens (primary N) is 1. The van der Waals surface area contributed by atoms with Crippen molar-refractivity contribution in [1.82, 2.24) is 9.30 Å². The Balaban J connectivity index is 1.39. The van der Waals surface area contributed by atoms with Crippen LogP contribution < -0.4 is 14.9 Å². The molecule has 6 rings (SSSR count). The van der Waals surface area contributed by atoms with Crippen LogP contribution in [0.15, 0.2) is 66.0 Å². The van der Waals surface area contributed by atoms with Crippen molar-refractivity contribution < 1.29 is 38.8 Å². The number of hydrogen-bond acceptors (Lipinski definition) is 7. The number of carbonyl (C=O) groups is 3. The van der Waals surface area contributed by atoms with E-state index in [-0.39, 0.29) is 35.4 Å². The predicted octanol–water partition coefficient (Wildman–Crippen LogP) is 2.35. The molecule has 1 fully saturated rings. The van der Waals surface area contributed by atoms with Gasteiger partial charge in [0.15, 0.2) is 12.4 Å². The van der Waals surface area contributed by atoms with Crippen molar-refractivity contribution >= 4 is 51.3 Å². The van der Waals surface area contributed by atoms with Crippen molar-refractivity contribution in [3.63, 3.8) is 0 Å². The van der Waals surface area contributed by atoms with Crippen molar-refractivity contribution in [3.05, 3.63) is 77.0 Å². The number of thioether (sulfide) groups is 1. The molecule has 3 aromatic heterocycles. The molecule has 2 aliphatic rings. The maximum Gasteiger partial charge on any atom is 0.352 e. The van der Waals surface area contributed by atoms with Gasteiger partial charge in [0.05, 0.1) is 29.0 Å². The maximum atomic E-state index is 12.8. The SMILES string of the molecule is CSc1c2sc(C3=C(C(=O)O)N4C(=O)[C@H]([C@@H](C)O)[C@H]4[C@H]3C)cn2c[n+]1C(C)c1cc(O)cc(-[n+]2cccc(C(N)=O)c2)c1. The van der Waals surface area contributed by atoms with Crippen molar-refractivity contribution in [2.24, 2.45) is 17.6 Å². The van der Waals surface area contributed by atoms with Gasteiger partial charge in [-0.2, -0.15) is 8.97 Å². The summed E-state index contributed by atoms with van der Waals surface area (Å²) in [4.78, 5) is 39.9. The van der Waals surface area contributed by atoms with Gasteiger partial charge in [-0.3, -0.25) is 9.59 Å². The van der Waals surface area contributed by atoms with E-state index in [9.17, 15) is 29.7 Å². The molecule has 2 aliphatic heterocycles. The summed E-state index contributed by atoms with van der Waals surface area (Å²) in [5.74, 6) is -2.87. The number of amides is 2. The highest BCUT2D eigenvalue weighted by atomic mass is 32.2. The van der Waals surface area contributed by atoms with Gasteiger partial charge in [0.25, 0.3) is 12.2 Å². The normalized spacial score (nSPS) is 21.2.